The van der Waals surface area contributed by atoms with E-state index in [1.54, 1.807) is 0 Å². The Balaban J connectivity index is 1.70. The van der Waals surface area contributed by atoms with Gasteiger partial charge in [-0.3, -0.25) is 9.59 Å². The molecule has 1 unspecified atom stereocenters. The van der Waals surface area contributed by atoms with Gasteiger partial charge in [-0.1, -0.05) is 54.8 Å². The lowest BCUT2D eigenvalue weighted by atomic mass is 9.79. The Morgan fingerprint density at radius 2 is 2.04 bits per heavy atom. The summed E-state index contributed by atoms with van der Waals surface area (Å²) in [5, 5.41) is 10.6. The highest BCUT2D eigenvalue weighted by atomic mass is 16.2. The van der Waals surface area contributed by atoms with Crippen molar-refractivity contribution in [3.8, 4) is 0 Å². The fourth-order valence-electron chi connectivity index (χ4n) is 2.90. The molecule has 0 spiro atoms. The summed E-state index contributed by atoms with van der Waals surface area (Å²) in [5.74, 6) is -0.168. The van der Waals surface area contributed by atoms with Crippen LogP contribution in [-0.4, -0.2) is 26.8 Å². The fourth-order valence-corrected chi connectivity index (χ4v) is 2.90. The van der Waals surface area contributed by atoms with Gasteiger partial charge in [0.25, 0.3) is 5.91 Å². The number of aromatic nitrogens is 3. The summed E-state index contributed by atoms with van der Waals surface area (Å²) in [7, 11) is 0. The number of nitrogens with two attached hydrogens (primary N) is 1. The molecule has 1 heterocycles. The summed E-state index contributed by atoms with van der Waals surface area (Å²) in [6, 6.07) is 9.89. The van der Waals surface area contributed by atoms with Crippen LogP contribution in [0.5, 0.6) is 0 Å². The number of carbonyl (C=O) groups excluding carboxylic acids is 2. The molecule has 7 heteroatoms. The number of benzene rings is 1. The molecule has 2 amide bonds. The standard InChI is InChI=1S/C17H21N5O2/c18-16(23)11-22-10-15(20-21-22)17(24)19-14(9-12-5-4-6-12)13-7-2-1-3-8-13/h1-3,7-8,10,12,14H,4-6,9,11H2,(H2,18,23)(H,19,24). The molecule has 24 heavy (non-hydrogen) atoms. The molecule has 0 aliphatic heterocycles. The van der Waals surface area contributed by atoms with Crippen molar-refractivity contribution in [1.29, 1.82) is 0 Å². The largest absolute Gasteiger partial charge is 0.368 e. The number of carbonyl (C=O) groups is 2. The predicted octanol–water partition coefficient (Wildman–Crippen LogP) is 1.42. The van der Waals surface area contributed by atoms with Crippen LogP contribution in [0.2, 0.25) is 0 Å². The molecule has 7 nitrogen and oxygen atoms in total. The molecule has 0 saturated heterocycles. The van der Waals surface area contributed by atoms with Crippen molar-refractivity contribution in [1.82, 2.24) is 20.3 Å². The highest BCUT2D eigenvalue weighted by Crippen LogP contribution is 2.34. The maximum atomic E-state index is 12.5. The van der Waals surface area contributed by atoms with Crippen LogP contribution in [0.1, 0.15) is 47.8 Å². The van der Waals surface area contributed by atoms with Crippen molar-refractivity contribution in [3.05, 3.63) is 47.8 Å². The Morgan fingerprint density at radius 3 is 2.67 bits per heavy atom. The third-order valence-corrected chi connectivity index (χ3v) is 4.39. The number of nitrogens with zero attached hydrogens (tertiary/aromatic N) is 3. The van der Waals surface area contributed by atoms with Gasteiger partial charge < -0.3 is 11.1 Å². The van der Waals surface area contributed by atoms with Gasteiger partial charge in [-0.25, -0.2) is 4.68 Å². The molecule has 1 atom stereocenters. The van der Waals surface area contributed by atoms with Crippen LogP contribution in [0.4, 0.5) is 0 Å². The smallest absolute Gasteiger partial charge is 0.273 e. The van der Waals surface area contributed by atoms with Crippen molar-refractivity contribution in [2.45, 2.75) is 38.3 Å². The second-order valence-corrected chi connectivity index (χ2v) is 6.24. The van der Waals surface area contributed by atoms with Crippen molar-refractivity contribution in [2.75, 3.05) is 0 Å². The van der Waals surface area contributed by atoms with Crippen LogP contribution >= 0.6 is 0 Å². The van der Waals surface area contributed by atoms with Crippen LogP contribution in [0, 0.1) is 5.92 Å². The summed E-state index contributed by atoms with van der Waals surface area (Å²) in [6.45, 7) is -0.0928. The van der Waals surface area contributed by atoms with Crippen molar-refractivity contribution in [3.63, 3.8) is 0 Å². The van der Waals surface area contributed by atoms with E-state index in [2.05, 4.69) is 15.6 Å². The van der Waals surface area contributed by atoms with E-state index in [0.29, 0.717) is 5.92 Å². The van der Waals surface area contributed by atoms with Gasteiger partial charge in [0.05, 0.1) is 12.2 Å². The summed E-state index contributed by atoms with van der Waals surface area (Å²) in [4.78, 5) is 23.4. The zero-order valence-electron chi connectivity index (χ0n) is 13.4. The highest BCUT2D eigenvalue weighted by molar-refractivity contribution is 5.92. The van der Waals surface area contributed by atoms with Crippen molar-refractivity contribution in [2.24, 2.45) is 11.7 Å². The molecule has 1 saturated carbocycles. The first-order valence-electron chi connectivity index (χ1n) is 8.16. The summed E-state index contributed by atoms with van der Waals surface area (Å²) in [6.07, 6.45) is 6.06. The lowest BCUT2D eigenvalue weighted by molar-refractivity contribution is -0.118. The highest BCUT2D eigenvalue weighted by Gasteiger charge is 2.25. The second-order valence-electron chi connectivity index (χ2n) is 6.24. The minimum absolute atomic E-state index is 0.0507. The molecule has 3 rings (SSSR count). The number of rotatable bonds is 7. The summed E-state index contributed by atoms with van der Waals surface area (Å²) in [5.41, 5.74) is 6.39. The number of hydrogen-bond acceptors (Lipinski definition) is 4. The van der Waals surface area contributed by atoms with Gasteiger partial charge in [0.15, 0.2) is 5.69 Å². The minimum Gasteiger partial charge on any atom is -0.368 e. The van der Waals surface area contributed by atoms with Crippen LogP contribution in [0.25, 0.3) is 0 Å². The molecule has 0 radical (unpaired) electrons. The second kappa shape index (κ2) is 7.25. The zero-order valence-corrected chi connectivity index (χ0v) is 13.4. The Kier molecular flexibility index (Phi) is 4.88. The van der Waals surface area contributed by atoms with E-state index in [1.807, 2.05) is 30.3 Å². The first-order valence-corrected chi connectivity index (χ1v) is 8.16. The average molecular weight is 327 g/mol. The molecular weight excluding hydrogens is 306 g/mol. The van der Waals surface area contributed by atoms with E-state index in [0.717, 1.165) is 12.0 Å². The van der Waals surface area contributed by atoms with E-state index in [9.17, 15) is 9.59 Å². The van der Waals surface area contributed by atoms with E-state index in [1.165, 1.54) is 30.1 Å². The van der Waals surface area contributed by atoms with E-state index < -0.39 is 5.91 Å². The Bertz CT molecular complexity index is 709. The third kappa shape index (κ3) is 3.98. The van der Waals surface area contributed by atoms with Crippen molar-refractivity contribution < 1.29 is 9.59 Å². The minimum atomic E-state index is -0.529. The van der Waals surface area contributed by atoms with Gasteiger partial charge in [-0.15, -0.1) is 5.10 Å². The van der Waals surface area contributed by atoms with Gasteiger partial charge in [-0.2, -0.15) is 0 Å². The lowest BCUT2D eigenvalue weighted by Crippen LogP contribution is -2.31. The monoisotopic (exact) mass is 327 g/mol. The van der Waals surface area contributed by atoms with Crippen LogP contribution < -0.4 is 11.1 Å². The van der Waals surface area contributed by atoms with Gasteiger partial charge >= 0.3 is 0 Å². The van der Waals surface area contributed by atoms with Crippen LogP contribution in [-0.2, 0) is 11.3 Å². The van der Waals surface area contributed by atoms with E-state index in [-0.39, 0.29) is 24.2 Å². The molecule has 1 aliphatic carbocycles. The third-order valence-electron chi connectivity index (χ3n) is 4.39. The number of primary amides is 1. The Morgan fingerprint density at radius 1 is 1.29 bits per heavy atom. The fraction of sp³-hybridized carbons (Fsp3) is 0.412. The molecule has 126 valence electrons. The van der Waals surface area contributed by atoms with E-state index in [4.69, 9.17) is 5.73 Å². The maximum absolute atomic E-state index is 12.5. The first kappa shape index (κ1) is 16.2. The van der Waals surface area contributed by atoms with Gasteiger partial charge in [0.1, 0.15) is 6.54 Å². The molecule has 2 aromatic rings. The SMILES string of the molecule is NC(=O)Cn1cc(C(=O)NC(CC2CCC2)c2ccccc2)nn1. The van der Waals surface area contributed by atoms with Crippen LogP contribution in [0.3, 0.4) is 0 Å². The van der Waals surface area contributed by atoms with E-state index >= 15 is 0 Å². The normalized spacial score (nSPS) is 15.5. The Labute approximate surface area is 140 Å². The molecule has 1 aromatic carbocycles. The zero-order chi connectivity index (χ0) is 16.9. The average Bonchev–Trinajstić information content (AvgIpc) is 2.98. The van der Waals surface area contributed by atoms with Gasteiger partial charge in [0, 0.05) is 0 Å². The number of nitrogens with one attached hydrogen (secondary N) is 1. The van der Waals surface area contributed by atoms with Gasteiger partial charge in [-0.05, 0) is 17.9 Å². The maximum Gasteiger partial charge on any atom is 0.273 e. The first-order chi connectivity index (χ1) is 11.6. The lowest BCUT2D eigenvalue weighted by Gasteiger charge is -2.30. The molecular formula is C17H21N5O2. The molecule has 1 aromatic heterocycles. The summed E-state index contributed by atoms with van der Waals surface area (Å²) >= 11 is 0. The molecule has 0 bridgehead atoms. The molecule has 1 aliphatic rings. The van der Waals surface area contributed by atoms with Gasteiger partial charge in [0.2, 0.25) is 5.91 Å². The quantitative estimate of drug-likeness (QED) is 0.802. The topological polar surface area (TPSA) is 103 Å². The molecule has 3 N–H and O–H groups in total. The summed E-state index contributed by atoms with van der Waals surface area (Å²) < 4.78 is 1.26. The predicted molar refractivity (Wildman–Crippen MR) is 87.8 cm³/mol. The Hall–Kier alpha value is -2.70. The van der Waals surface area contributed by atoms with Crippen molar-refractivity contribution >= 4 is 11.8 Å². The number of hydrogen-bond donors (Lipinski definition) is 2. The molecule has 1 fully saturated rings. The van der Waals surface area contributed by atoms with Crippen LogP contribution in [0.15, 0.2) is 36.5 Å². The number of amides is 2.